The van der Waals surface area contributed by atoms with Gasteiger partial charge in [-0.3, -0.25) is 5.43 Å². The molecule has 0 aliphatic rings. The number of hydrogen-bond acceptors (Lipinski definition) is 3. The molecule has 0 saturated heterocycles. The Labute approximate surface area is 144 Å². The summed E-state index contributed by atoms with van der Waals surface area (Å²) in [6, 6.07) is 17.6. The molecule has 0 unspecified atom stereocenters. The van der Waals surface area contributed by atoms with E-state index in [9.17, 15) is 0 Å². The lowest BCUT2D eigenvalue weighted by atomic mass is 10.1. The van der Waals surface area contributed by atoms with E-state index in [-0.39, 0.29) is 0 Å². The summed E-state index contributed by atoms with van der Waals surface area (Å²) in [6.45, 7) is 0. The van der Waals surface area contributed by atoms with Crippen molar-refractivity contribution in [2.24, 2.45) is 5.10 Å². The Morgan fingerprint density at radius 2 is 1.78 bits per heavy atom. The molecule has 116 valence electrons. The fourth-order valence-corrected chi connectivity index (χ4v) is 2.91. The van der Waals surface area contributed by atoms with Crippen LogP contribution >= 0.6 is 23.2 Å². The highest BCUT2D eigenvalue weighted by molar-refractivity contribution is 6.36. The van der Waals surface area contributed by atoms with Crippen LogP contribution in [0.5, 0.6) is 5.75 Å². The first-order chi connectivity index (χ1) is 11.2. The van der Waals surface area contributed by atoms with Crippen LogP contribution in [0.4, 0.5) is 5.69 Å². The van der Waals surface area contributed by atoms with E-state index >= 15 is 0 Å². The second kappa shape index (κ2) is 6.90. The summed E-state index contributed by atoms with van der Waals surface area (Å²) in [5.41, 5.74) is 4.61. The summed E-state index contributed by atoms with van der Waals surface area (Å²) in [4.78, 5) is 0. The van der Waals surface area contributed by atoms with Crippen LogP contribution in [0.2, 0.25) is 10.0 Å². The van der Waals surface area contributed by atoms with Gasteiger partial charge in [-0.1, -0.05) is 53.5 Å². The largest absolute Gasteiger partial charge is 0.495 e. The van der Waals surface area contributed by atoms with Gasteiger partial charge in [0.25, 0.3) is 0 Å². The van der Waals surface area contributed by atoms with Crippen molar-refractivity contribution in [3.05, 3.63) is 70.2 Å². The lowest BCUT2D eigenvalue weighted by Crippen LogP contribution is -1.95. The van der Waals surface area contributed by atoms with Crippen molar-refractivity contribution in [2.75, 3.05) is 12.5 Å². The molecule has 5 heteroatoms. The van der Waals surface area contributed by atoms with Crippen molar-refractivity contribution in [1.29, 1.82) is 0 Å². The van der Waals surface area contributed by atoms with E-state index in [1.807, 2.05) is 30.3 Å². The quantitative estimate of drug-likeness (QED) is 0.493. The molecule has 0 aliphatic carbocycles. The molecule has 0 saturated carbocycles. The Balaban J connectivity index is 1.83. The van der Waals surface area contributed by atoms with Gasteiger partial charge in [0.05, 0.1) is 24.0 Å². The first kappa shape index (κ1) is 15.7. The van der Waals surface area contributed by atoms with E-state index in [4.69, 9.17) is 27.9 Å². The Morgan fingerprint density at radius 1 is 1.00 bits per heavy atom. The number of fused-ring (bicyclic) bond motifs is 1. The molecule has 0 radical (unpaired) electrons. The predicted molar refractivity (Wildman–Crippen MR) is 98.2 cm³/mol. The van der Waals surface area contributed by atoms with Gasteiger partial charge in [-0.25, -0.2) is 0 Å². The van der Waals surface area contributed by atoms with Crippen LogP contribution in [0.15, 0.2) is 59.7 Å². The third-order valence-electron chi connectivity index (χ3n) is 3.39. The van der Waals surface area contributed by atoms with Crippen LogP contribution in [0.25, 0.3) is 10.8 Å². The number of rotatable bonds is 4. The van der Waals surface area contributed by atoms with Gasteiger partial charge in [-0.05, 0) is 35.0 Å². The fourth-order valence-electron chi connectivity index (χ4n) is 2.33. The first-order valence-electron chi connectivity index (χ1n) is 6.98. The van der Waals surface area contributed by atoms with Crippen LogP contribution < -0.4 is 10.2 Å². The number of methoxy groups -OCH3 is 1. The molecule has 3 rings (SSSR count). The molecule has 0 aromatic heterocycles. The number of nitrogens with one attached hydrogen (secondary N) is 1. The third kappa shape index (κ3) is 3.58. The number of nitrogens with zero attached hydrogens (tertiary/aromatic N) is 1. The number of anilines is 1. The summed E-state index contributed by atoms with van der Waals surface area (Å²) >= 11 is 12.1. The molecule has 0 atom stereocenters. The standard InChI is InChI=1S/C18H14Cl2N2O/c1-23-18-14(8-15(19)10-17(18)20)11-21-22-16-7-6-12-4-2-3-5-13(12)9-16/h2-11,22H,1H3/b21-11-. The maximum absolute atomic E-state index is 6.10. The fraction of sp³-hybridized carbons (Fsp3) is 0.0556. The topological polar surface area (TPSA) is 33.6 Å². The van der Waals surface area contributed by atoms with Gasteiger partial charge >= 0.3 is 0 Å². The zero-order valence-corrected chi connectivity index (χ0v) is 13.9. The van der Waals surface area contributed by atoms with Crippen LogP contribution in [0.1, 0.15) is 5.56 Å². The van der Waals surface area contributed by atoms with E-state index in [1.165, 1.54) is 5.39 Å². The van der Waals surface area contributed by atoms with Crippen LogP contribution in [0, 0.1) is 0 Å². The Morgan fingerprint density at radius 3 is 2.57 bits per heavy atom. The minimum atomic E-state index is 0.451. The summed E-state index contributed by atoms with van der Waals surface area (Å²) in [6.07, 6.45) is 1.63. The lowest BCUT2D eigenvalue weighted by molar-refractivity contribution is 0.414. The third-order valence-corrected chi connectivity index (χ3v) is 3.89. The molecule has 0 fully saturated rings. The van der Waals surface area contributed by atoms with Gasteiger partial charge in [0.2, 0.25) is 0 Å². The number of ether oxygens (including phenoxy) is 1. The molecule has 0 spiro atoms. The average Bonchev–Trinajstić information content (AvgIpc) is 2.54. The Hall–Kier alpha value is -2.23. The molecule has 0 bridgehead atoms. The van der Waals surface area contributed by atoms with Crippen molar-refractivity contribution in [3.8, 4) is 5.75 Å². The summed E-state index contributed by atoms with van der Waals surface area (Å²) in [5.74, 6) is 0.542. The highest BCUT2D eigenvalue weighted by Crippen LogP contribution is 2.31. The van der Waals surface area contributed by atoms with Crippen molar-refractivity contribution >= 4 is 45.9 Å². The average molecular weight is 345 g/mol. The predicted octanol–water partition coefficient (Wildman–Crippen LogP) is 5.60. The molecule has 0 heterocycles. The number of hydrazone groups is 1. The maximum atomic E-state index is 6.10. The second-order valence-corrected chi connectivity index (χ2v) is 5.79. The van der Waals surface area contributed by atoms with Gasteiger partial charge in [0, 0.05) is 10.6 Å². The first-order valence-corrected chi connectivity index (χ1v) is 7.74. The highest BCUT2D eigenvalue weighted by atomic mass is 35.5. The van der Waals surface area contributed by atoms with Crippen molar-refractivity contribution in [2.45, 2.75) is 0 Å². The zero-order chi connectivity index (χ0) is 16.2. The molecule has 3 aromatic carbocycles. The summed E-state index contributed by atoms with van der Waals surface area (Å²) < 4.78 is 5.28. The number of benzene rings is 3. The Bertz CT molecular complexity index is 878. The van der Waals surface area contributed by atoms with Crippen molar-refractivity contribution in [3.63, 3.8) is 0 Å². The van der Waals surface area contributed by atoms with Gasteiger partial charge in [-0.15, -0.1) is 0 Å². The molecular formula is C18H14Cl2N2O. The molecule has 3 nitrogen and oxygen atoms in total. The molecule has 23 heavy (non-hydrogen) atoms. The van der Waals surface area contributed by atoms with Crippen molar-refractivity contribution < 1.29 is 4.74 Å². The van der Waals surface area contributed by atoms with E-state index in [2.05, 4.69) is 22.7 Å². The molecule has 3 aromatic rings. The normalized spacial score (nSPS) is 11.1. The highest BCUT2D eigenvalue weighted by Gasteiger charge is 2.07. The molecule has 0 amide bonds. The van der Waals surface area contributed by atoms with Crippen molar-refractivity contribution in [1.82, 2.24) is 0 Å². The minimum Gasteiger partial charge on any atom is -0.495 e. The van der Waals surface area contributed by atoms with E-state index in [0.29, 0.717) is 21.4 Å². The molecule has 0 aliphatic heterocycles. The van der Waals surface area contributed by atoms with E-state index < -0.39 is 0 Å². The molecule has 1 N–H and O–H groups in total. The van der Waals surface area contributed by atoms with Gasteiger partial charge < -0.3 is 4.74 Å². The monoisotopic (exact) mass is 344 g/mol. The lowest BCUT2D eigenvalue weighted by Gasteiger charge is -2.07. The molecular weight excluding hydrogens is 331 g/mol. The van der Waals surface area contributed by atoms with Gasteiger partial charge in [-0.2, -0.15) is 5.10 Å². The van der Waals surface area contributed by atoms with Crippen LogP contribution in [-0.4, -0.2) is 13.3 Å². The Kier molecular flexibility index (Phi) is 4.70. The minimum absolute atomic E-state index is 0.451. The maximum Gasteiger partial charge on any atom is 0.146 e. The van der Waals surface area contributed by atoms with E-state index in [1.54, 1.807) is 25.5 Å². The van der Waals surface area contributed by atoms with Gasteiger partial charge in [0.1, 0.15) is 5.75 Å². The van der Waals surface area contributed by atoms with Gasteiger partial charge in [0.15, 0.2) is 0 Å². The smallest absolute Gasteiger partial charge is 0.146 e. The second-order valence-electron chi connectivity index (χ2n) is 4.94. The SMILES string of the molecule is COc1c(Cl)cc(Cl)cc1/C=N\Nc1ccc2ccccc2c1. The van der Waals surface area contributed by atoms with Crippen LogP contribution in [0.3, 0.4) is 0 Å². The summed E-state index contributed by atoms with van der Waals surface area (Å²) in [7, 11) is 1.56. The number of halogens is 2. The zero-order valence-electron chi connectivity index (χ0n) is 12.4. The summed E-state index contributed by atoms with van der Waals surface area (Å²) in [5, 5.41) is 7.55. The van der Waals surface area contributed by atoms with E-state index in [0.717, 1.165) is 11.1 Å². The van der Waals surface area contributed by atoms with Crippen LogP contribution in [-0.2, 0) is 0 Å². The number of hydrogen-bond donors (Lipinski definition) is 1.